The van der Waals surface area contributed by atoms with Crippen LogP contribution in [0.4, 0.5) is 0 Å². The Labute approximate surface area is 118 Å². The van der Waals surface area contributed by atoms with Crippen LogP contribution < -0.4 is 4.74 Å². The van der Waals surface area contributed by atoms with E-state index in [1.54, 1.807) is 6.07 Å². The number of hydrogen-bond donors (Lipinski definition) is 0. The van der Waals surface area contributed by atoms with E-state index in [1.165, 1.54) is 19.0 Å². The third kappa shape index (κ3) is 3.02. The van der Waals surface area contributed by atoms with Crippen LogP contribution in [0.5, 0.6) is 5.88 Å². The highest BCUT2D eigenvalue weighted by atomic mass is 16.5. The lowest BCUT2D eigenvalue weighted by Gasteiger charge is -2.10. The maximum atomic E-state index is 12.3. The van der Waals surface area contributed by atoms with Crippen LogP contribution in [0.3, 0.4) is 0 Å². The number of aromatic nitrogens is 2. The lowest BCUT2D eigenvalue weighted by molar-refractivity contribution is 0.0987. The number of Topliss-reactive ketones (excluding diaryl/α,β-unsaturated/α-hetero) is 1. The van der Waals surface area contributed by atoms with Gasteiger partial charge in [-0.1, -0.05) is 17.7 Å². The summed E-state index contributed by atoms with van der Waals surface area (Å²) in [6.45, 7) is 6.12. The van der Waals surface area contributed by atoms with Gasteiger partial charge in [-0.3, -0.25) is 4.79 Å². The van der Waals surface area contributed by atoms with Gasteiger partial charge >= 0.3 is 0 Å². The molecule has 2 rings (SSSR count). The van der Waals surface area contributed by atoms with Crippen LogP contribution in [0.1, 0.15) is 32.7 Å². The van der Waals surface area contributed by atoms with Crippen LogP contribution in [-0.2, 0) is 6.42 Å². The van der Waals surface area contributed by atoms with Crippen molar-refractivity contribution in [1.29, 1.82) is 0 Å². The highest BCUT2D eigenvalue weighted by Gasteiger charge is 2.13. The number of rotatable bonds is 4. The molecule has 0 unspecified atom stereocenters. The number of ether oxygens (including phenoxy) is 1. The van der Waals surface area contributed by atoms with E-state index < -0.39 is 0 Å². The zero-order chi connectivity index (χ0) is 14.7. The van der Waals surface area contributed by atoms with Gasteiger partial charge in [0.25, 0.3) is 0 Å². The first kappa shape index (κ1) is 14.2. The molecule has 104 valence electrons. The van der Waals surface area contributed by atoms with E-state index in [4.69, 9.17) is 4.74 Å². The second-order valence-electron chi connectivity index (χ2n) is 4.92. The van der Waals surface area contributed by atoms with Gasteiger partial charge in [0.1, 0.15) is 12.0 Å². The second kappa shape index (κ2) is 5.82. The smallest absolute Gasteiger partial charge is 0.216 e. The fraction of sp³-hybridized carbons (Fsp3) is 0.312. The molecule has 4 heteroatoms. The predicted octanol–water partition coefficient (Wildman–Crippen LogP) is 2.84. The number of aryl methyl sites for hydroxylation is 3. The molecule has 1 heterocycles. The number of benzene rings is 1. The molecule has 20 heavy (non-hydrogen) atoms. The molecule has 0 saturated heterocycles. The monoisotopic (exact) mass is 270 g/mol. The highest BCUT2D eigenvalue weighted by Crippen LogP contribution is 2.19. The second-order valence-corrected chi connectivity index (χ2v) is 4.92. The fourth-order valence-electron chi connectivity index (χ4n) is 2.34. The van der Waals surface area contributed by atoms with E-state index in [9.17, 15) is 4.79 Å². The van der Waals surface area contributed by atoms with Crippen molar-refractivity contribution < 1.29 is 9.53 Å². The van der Waals surface area contributed by atoms with E-state index in [2.05, 4.69) is 29.0 Å². The Balaban J connectivity index is 2.28. The molecule has 0 bridgehead atoms. The number of ketones is 1. The van der Waals surface area contributed by atoms with Gasteiger partial charge in [0.15, 0.2) is 5.78 Å². The summed E-state index contributed by atoms with van der Waals surface area (Å²) in [4.78, 5) is 20.3. The third-order valence-electron chi connectivity index (χ3n) is 3.31. The van der Waals surface area contributed by atoms with Crippen molar-refractivity contribution in [2.45, 2.75) is 27.2 Å². The van der Waals surface area contributed by atoms with Crippen molar-refractivity contribution in [3.8, 4) is 5.88 Å². The summed E-state index contributed by atoms with van der Waals surface area (Å²) in [5, 5.41) is 0. The van der Waals surface area contributed by atoms with E-state index in [1.807, 2.05) is 13.8 Å². The predicted molar refractivity (Wildman–Crippen MR) is 77.3 cm³/mol. The highest BCUT2D eigenvalue weighted by molar-refractivity contribution is 5.96. The average Bonchev–Trinajstić information content (AvgIpc) is 2.42. The van der Waals surface area contributed by atoms with Crippen molar-refractivity contribution in [3.63, 3.8) is 0 Å². The fourth-order valence-corrected chi connectivity index (χ4v) is 2.34. The van der Waals surface area contributed by atoms with E-state index in [0.29, 0.717) is 18.0 Å². The molecule has 2 aromatic rings. The lowest BCUT2D eigenvalue weighted by atomic mass is 9.95. The zero-order valence-corrected chi connectivity index (χ0v) is 12.2. The minimum Gasteiger partial charge on any atom is -0.481 e. The molecule has 0 aliphatic carbocycles. The molecule has 0 amide bonds. The lowest BCUT2D eigenvalue weighted by Crippen LogP contribution is -2.09. The van der Waals surface area contributed by atoms with Gasteiger partial charge in [-0.05, 0) is 37.5 Å². The first-order chi connectivity index (χ1) is 9.51. The van der Waals surface area contributed by atoms with Crippen molar-refractivity contribution in [1.82, 2.24) is 9.97 Å². The van der Waals surface area contributed by atoms with Gasteiger partial charge in [-0.25, -0.2) is 9.97 Å². The Kier molecular flexibility index (Phi) is 4.13. The number of nitrogens with zero attached hydrogens (tertiary/aromatic N) is 2. The summed E-state index contributed by atoms with van der Waals surface area (Å²) >= 11 is 0. The summed E-state index contributed by atoms with van der Waals surface area (Å²) in [5.41, 5.74) is 4.93. The average molecular weight is 270 g/mol. The summed E-state index contributed by atoms with van der Waals surface area (Å²) in [5.74, 6) is 0.376. The zero-order valence-electron chi connectivity index (χ0n) is 12.2. The van der Waals surface area contributed by atoms with E-state index >= 15 is 0 Å². The minimum atomic E-state index is -0.0271. The number of carbonyl (C=O) groups excluding carboxylic acids is 1. The molecular formula is C16H18N2O2. The first-order valence-corrected chi connectivity index (χ1v) is 6.47. The van der Waals surface area contributed by atoms with Crippen LogP contribution in [-0.4, -0.2) is 22.9 Å². The molecule has 0 spiro atoms. The van der Waals surface area contributed by atoms with Crippen molar-refractivity contribution in [2.75, 3.05) is 7.11 Å². The van der Waals surface area contributed by atoms with Gasteiger partial charge in [-0.2, -0.15) is 0 Å². The summed E-state index contributed by atoms with van der Waals surface area (Å²) < 4.78 is 5.02. The number of carbonyl (C=O) groups is 1. The van der Waals surface area contributed by atoms with Gasteiger partial charge in [0.2, 0.25) is 5.88 Å². The van der Waals surface area contributed by atoms with Crippen molar-refractivity contribution in [3.05, 3.63) is 52.5 Å². The molecule has 1 aromatic carbocycles. The molecule has 0 radical (unpaired) electrons. The normalized spacial score (nSPS) is 10.4. The van der Waals surface area contributed by atoms with Gasteiger partial charge in [0, 0.05) is 12.5 Å². The molecule has 0 N–H and O–H groups in total. The topological polar surface area (TPSA) is 52.1 Å². The Bertz CT molecular complexity index is 628. The minimum absolute atomic E-state index is 0.0271. The third-order valence-corrected chi connectivity index (χ3v) is 3.31. The molecule has 0 saturated carbocycles. The molecule has 0 aliphatic rings. The number of methoxy groups -OCH3 is 1. The van der Waals surface area contributed by atoms with Gasteiger partial charge in [0.05, 0.1) is 7.11 Å². The summed E-state index contributed by atoms with van der Waals surface area (Å²) in [6.07, 6.45) is 1.69. The number of hydrogen-bond acceptors (Lipinski definition) is 4. The SMILES string of the molecule is COc1cc(C(=O)Cc2c(C)cc(C)cc2C)ncn1. The molecule has 0 atom stereocenters. The first-order valence-electron chi connectivity index (χ1n) is 6.47. The maximum absolute atomic E-state index is 12.3. The Morgan fingerprint density at radius 3 is 2.35 bits per heavy atom. The maximum Gasteiger partial charge on any atom is 0.216 e. The van der Waals surface area contributed by atoms with Gasteiger partial charge < -0.3 is 4.74 Å². The van der Waals surface area contributed by atoms with Crippen molar-refractivity contribution in [2.24, 2.45) is 0 Å². The van der Waals surface area contributed by atoms with E-state index in [-0.39, 0.29) is 5.78 Å². The quantitative estimate of drug-likeness (QED) is 0.802. The molecule has 1 aromatic heterocycles. The van der Waals surface area contributed by atoms with Gasteiger partial charge in [-0.15, -0.1) is 0 Å². The van der Waals surface area contributed by atoms with Crippen LogP contribution in [0.25, 0.3) is 0 Å². The molecule has 0 fully saturated rings. The summed E-state index contributed by atoms with van der Waals surface area (Å²) in [6, 6.07) is 5.76. The standard InChI is InChI=1S/C16H18N2O2/c1-10-5-11(2)13(12(3)6-10)7-15(19)14-8-16(20-4)18-9-17-14/h5-6,8-9H,7H2,1-4H3. The molecule has 4 nitrogen and oxygen atoms in total. The summed E-state index contributed by atoms with van der Waals surface area (Å²) in [7, 11) is 1.52. The van der Waals surface area contributed by atoms with Crippen LogP contribution in [0.15, 0.2) is 24.5 Å². The van der Waals surface area contributed by atoms with Crippen molar-refractivity contribution >= 4 is 5.78 Å². The molecule has 0 aliphatic heterocycles. The Morgan fingerprint density at radius 1 is 1.10 bits per heavy atom. The van der Waals surface area contributed by atoms with Crippen LogP contribution >= 0.6 is 0 Å². The van der Waals surface area contributed by atoms with Crippen LogP contribution in [0.2, 0.25) is 0 Å². The Hall–Kier alpha value is -2.23. The Morgan fingerprint density at radius 2 is 1.75 bits per heavy atom. The largest absolute Gasteiger partial charge is 0.481 e. The van der Waals surface area contributed by atoms with E-state index in [0.717, 1.165) is 16.7 Å². The van der Waals surface area contributed by atoms with Crippen LogP contribution in [0, 0.1) is 20.8 Å². The molecular weight excluding hydrogens is 252 g/mol.